The summed E-state index contributed by atoms with van der Waals surface area (Å²) in [7, 11) is 0. The van der Waals surface area contributed by atoms with Crippen LogP contribution in [-0.4, -0.2) is 41.9 Å². The van der Waals surface area contributed by atoms with E-state index in [0.29, 0.717) is 18.6 Å². The van der Waals surface area contributed by atoms with Gasteiger partial charge in [-0.05, 0) is 44.9 Å². The monoisotopic (exact) mass is 362 g/mol. The van der Waals surface area contributed by atoms with Crippen molar-refractivity contribution in [2.24, 2.45) is 0 Å². The fourth-order valence-electron chi connectivity index (χ4n) is 3.27. The number of hydrogen-bond acceptors (Lipinski definition) is 4. The minimum atomic E-state index is -0.763. The highest BCUT2D eigenvalue weighted by molar-refractivity contribution is 5.75. The number of fused-ring (bicyclic) bond motifs is 2. The quantitative estimate of drug-likeness (QED) is 0.765. The second-order valence-corrected chi connectivity index (χ2v) is 7.47. The number of nitrogens with zero attached hydrogens (tertiary/aromatic N) is 2. The smallest absolute Gasteiger partial charge is 0.411 e. The molecule has 2 heterocycles. The van der Waals surface area contributed by atoms with E-state index in [1.807, 2.05) is 0 Å². The van der Waals surface area contributed by atoms with E-state index < -0.39 is 29.4 Å². The molecule has 1 aromatic carbocycles. The third kappa shape index (κ3) is 3.56. The molecule has 0 saturated carbocycles. The highest BCUT2D eigenvalue weighted by Gasteiger charge is 2.40. The normalized spacial score (nSPS) is 22.5. The first-order valence-electron chi connectivity index (χ1n) is 8.39. The molecule has 5 nitrogen and oxygen atoms in total. The van der Waals surface area contributed by atoms with Gasteiger partial charge in [-0.1, -0.05) is 6.08 Å². The second-order valence-electron chi connectivity index (χ2n) is 7.47. The van der Waals surface area contributed by atoms with Crippen molar-refractivity contribution in [3.05, 3.63) is 41.0 Å². The van der Waals surface area contributed by atoms with Gasteiger partial charge in [0.25, 0.3) is 0 Å². The molecule has 1 fully saturated rings. The maximum absolute atomic E-state index is 14.4. The number of amides is 1. The first kappa shape index (κ1) is 18.3. The number of carbonyl (C=O) groups is 1. The van der Waals surface area contributed by atoms with Gasteiger partial charge >= 0.3 is 6.09 Å². The summed E-state index contributed by atoms with van der Waals surface area (Å²) in [6.45, 7) is 5.93. The molecule has 138 valence electrons. The van der Waals surface area contributed by atoms with Crippen LogP contribution >= 0.6 is 0 Å². The standard InChI is InChI=1S/C19H20F2N2O3/c1-19(2,3)26-18(24)23-13-4-11(5-14(23)10-25-9-13)15-7-16(20)12(8-22)6-17(15)21/h4,6-7,13-14H,5,9-10H2,1-3H3. The maximum atomic E-state index is 14.4. The summed E-state index contributed by atoms with van der Waals surface area (Å²) in [5.41, 5.74) is -0.244. The van der Waals surface area contributed by atoms with E-state index in [4.69, 9.17) is 14.7 Å². The van der Waals surface area contributed by atoms with Gasteiger partial charge in [0, 0.05) is 5.56 Å². The summed E-state index contributed by atoms with van der Waals surface area (Å²) < 4.78 is 39.3. The van der Waals surface area contributed by atoms with Gasteiger partial charge in [0.1, 0.15) is 23.3 Å². The van der Waals surface area contributed by atoms with Gasteiger partial charge in [-0.15, -0.1) is 0 Å². The lowest BCUT2D eigenvalue weighted by atomic mass is 9.89. The number of rotatable bonds is 1. The number of benzene rings is 1. The summed E-state index contributed by atoms with van der Waals surface area (Å²) in [6, 6.07) is 2.84. The molecular formula is C19H20F2N2O3. The minimum Gasteiger partial charge on any atom is -0.444 e. The molecule has 1 amide bonds. The Balaban J connectivity index is 1.93. The third-order valence-corrected chi connectivity index (χ3v) is 4.33. The van der Waals surface area contributed by atoms with Crippen molar-refractivity contribution >= 4 is 11.7 Å². The zero-order valence-corrected chi connectivity index (χ0v) is 14.9. The number of ether oxygens (including phenoxy) is 2. The summed E-state index contributed by atoms with van der Waals surface area (Å²) >= 11 is 0. The molecule has 0 radical (unpaired) electrons. The summed E-state index contributed by atoms with van der Waals surface area (Å²) in [5.74, 6) is -1.42. The van der Waals surface area contributed by atoms with Crippen LogP contribution in [0.2, 0.25) is 0 Å². The van der Waals surface area contributed by atoms with Crippen molar-refractivity contribution in [3.63, 3.8) is 0 Å². The van der Waals surface area contributed by atoms with Gasteiger partial charge in [-0.2, -0.15) is 5.26 Å². The van der Waals surface area contributed by atoms with Gasteiger partial charge in [0.05, 0.1) is 30.9 Å². The van der Waals surface area contributed by atoms with E-state index in [1.54, 1.807) is 37.8 Å². The first-order valence-corrected chi connectivity index (χ1v) is 8.39. The average molecular weight is 362 g/mol. The van der Waals surface area contributed by atoms with E-state index >= 15 is 0 Å². The van der Waals surface area contributed by atoms with Gasteiger partial charge in [0.15, 0.2) is 0 Å². The number of hydrogen-bond donors (Lipinski definition) is 0. The van der Waals surface area contributed by atoms with E-state index in [0.717, 1.165) is 12.1 Å². The summed E-state index contributed by atoms with van der Waals surface area (Å²) in [6.07, 6.45) is 1.58. The highest BCUT2D eigenvalue weighted by Crippen LogP contribution is 2.35. The van der Waals surface area contributed by atoms with Crippen LogP contribution in [0, 0.1) is 23.0 Å². The predicted molar refractivity (Wildman–Crippen MR) is 90.1 cm³/mol. The van der Waals surface area contributed by atoms with Gasteiger partial charge in [-0.25, -0.2) is 13.6 Å². The third-order valence-electron chi connectivity index (χ3n) is 4.33. The molecular weight excluding hydrogens is 342 g/mol. The second kappa shape index (κ2) is 6.69. The van der Waals surface area contributed by atoms with Crippen molar-refractivity contribution in [2.75, 3.05) is 13.2 Å². The molecule has 3 rings (SSSR count). The molecule has 2 bridgehead atoms. The SMILES string of the molecule is CC(C)(C)OC(=O)N1C2C=C(c3cc(F)c(C#N)cc3F)CC1COC2. The molecule has 1 aromatic rings. The van der Waals surface area contributed by atoms with Crippen LogP contribution in [0.4, 0.5) is 13.6 Å². The average Bonchev–Trinajstić information content (AvgIpc) is 2.53. The fraction of sp³-hybridized carbons (Fsp3) is 0.474. The van der Waals surface area contributed by atoms with Crippen molar-refractivity contribution in [2.45, 2.75) is 44.9 Å². The Bertz CT molecular complexity index is 808. The molecule has 2 aliphatic rings. The van der Waals surface area contributed by atoms with E-state index in [1.165, 1.54) is 0 Å². The van der Waals surface area contributed by atoms with Crippen LogP contribution in [0.15, 0.2) is 18.2 Å². The lowest BCUT2D eigenvalue weighted by molar-refractivity contribution is -0.0510. The molecule has 2 atom stereocenters. The zero-order valence-electron chi connectivity index (χ0n) is 14.9. The lowest BCUT2D eigenvalue weighted by Crippen LogP contribution is -2.57. The number of morpholine rings is 1. The summed E-state index contributed by atoms with van der Waals surface area (Å²) in [4.78, 5) is 14.1. The number of carbonyl (C=O) groups excluding carboxylic acids is 1. The predicted octanol–water partition coefficient (Wildman–Crippen LogP) is 3.63. The Morgan fingerprint density at radius 2 is 2.04 bits per heavy atom. The first-order chi connectivity index (χ1) is 12.2. The van der Waals surface area contributed by atoms with E-state index in [9.17, 15) is 13.6 Å². The van der Waals surface area contributed by atoms with E-state index in [2.05, 4.69) is 0 Å². The molecule has 0 aromatic heterocycles. The molecule has 26 heavy (non-hydrogen) atoms. The van der Waals surface area contributed by atoms with Gasteiger partial charge in [-0.3, -0.25) is 4.90 Å². The molecule has 2 aliphatic heterocycles. The highest BCUT2D eigenvalue weighted by atomic mass is 19.1. The molecule has 0 N–H and O–H groups in total. The van der Waals surface area contributed by atoms with Crippen LogP contribution in [0.3, 0.4) is 0 Å². The van der Waals surface area contributed by atoms with Gasteiger partial charge < -0.3 is 9.47 Å². The Kier molecular flexibility index (Phi) is 4.72. The van der Waals surface area contributed by atoms with Crippen molar-refractivity contribution in [1.82, 2.24) is 4.90 Å². The summed E-state index contributed by atoms with van der Waals surface area (Å²) in [5, 5.41) is 8.82. The fourth-order valence-corrected chi connectivity index (χ4v) is 3.27. The lowest BCUT2D eigenvalue weighted by Gasteiger charge is -2.44. The van der Waals surface area contributed by atoms with Crippen LogP contribution < -0.4 is 0 Å². The largest absolute Gasteiger partial charge is 0.444 e. The Morgan fingerprint density at radius 3 is 2.65 bits per heavy atom. The Labute approximate surface area is 150 Å². The molecule has 7 heteroatoms. The van der Waals surface area contributed by atoms with Crippen molar-refractivity contribution in [3.8, 4) is 6.07 Å². The maximum Gasteiger partial charge on any atom is 0.411 e. The number of halogens is 2. The topological polar surface area (TPSA) is 62.6 Å². The Hall–Kier alpha value is -2.46. The molecule has 0 aliphatic carbocycles. The van der Waals surface area contributed by atoms with Crippen molar-refractivity contribution < 1.29 is 23.0 Å². The zero-order chi connectivity index (χ0) is 19.1. The molecule has 0 spiro atoms. The van der Waals surface area contributed by atoms with E-state index in [-0.39, 0.29) is 23.8 Å². The van der Waals surface area contributed by atoms with Crippen LogP contribution in [-0.2, 0) is 9.47 Å². The van der Waals surface area contributed by atoms with Crippen molar-refractivity contribution in [1.29, 1.82) is 5.26 Å². The Morgan fingerprint density at radius 1 is 1.31 bits per heavy atom. The van der Waals surface area contributed by atoms with Crippen LogP contribution in [0.5, 0.6) is 0 Å². The molecule has 1 saturated heterocycles. The molecule has 2 unspecified atom stereocenters. The van der Waals surface area contributed by atoms with Crippen LogP contribution in [0.1, 0.15) is 38.3 Å². The number of nitriles is 1. The minimum absolute atomic E-state index is 0.113. The van der Waals surface area contributed by atoms with Gasteiger partial charge in [0.2, 0.25) is 0 Å². The van der Waals surface area contributed by atoms with Crippen LogP contribution in [0.25, 0.3) is 5.57 Å².